The number of aliphatic hydroxyl groups is 1. The van der Waals surface area contributed by atoms with E-state index in [1.165, 1.54) is 4.90 Å². The molecule has 0 aliphatic heterocycles. The molecule has 0 unspecified atom stereocenters. The van der Waals surface area contributed by atoms with Crippen molar-refractivity contribution < 1.29 is 9.90 Å². The number of nitrogens with zero attached hydrogens (tertiary/aromatic N) is 1. The predicted octanol–water partition coefficient (Wildman–Crippen LogP) is 1.30. The number of aromatic nitrogens is 1. The number of nitrogens with one attached hydrogen (secondary N) is 2. The van der Waals surface area contributed by atoms with Gasteiger partial charge in [0.05, 0.1) is 13.2 Å². The van der Waals surface area contributed by atoms with Crippen LogP contribution in [-0.4, -0.2) is 41.2 Å². The number of likely N-dealkylation sites (N-methyl/N-ethyl adjacent to an activating group) is 1. The number of carbonyl (C=O) groups excluding carboxylic acids is 1. The predicted molar refractivity (Wildman–Crippen MR) is 70.3 cm³/mol. The first-order valence-electron chi connectivity index (χ1n) is 5.87. The summed E-state index contributed by atoms with van der Waals surface area (Å²) in [4.78, 5) is 16.3. The minimum absolute atomic E-state index is 0.0314. The summed E-state index contributed by atoms with van der Waals surface area (Å²) in [5.41, 5.74) is 2.02. The number of carbonyl (C=O) groups is 1. The molecule has 2 aromatic rings. The lowest BCUT2D eigenvalue weighted by atomic mass is 10.2. The van der Waals surface area contributed by atoms with E-state index in [0.717, 1.165) is 16.6 Å². The molecule has 0 spiro atoms. The van der Waals surface area contributed by atoms with Crippen molar-refractivity contribution in [2.75, 3.05) is 20.2 Å². The number of aliphatic hydroxyl groups excluding tert-OH is 1. The zero-order valence-corrected chi connectivity index (χ0v) is 10.3. The van der Waals surface area contributed by atoms with Crippen molar-refractivity contribution >= 4 is 16.9 Å². The molecular formula is C13H17N3O2. The zero-order chi connectivity index (χ0) is 13.0. The highest BCUT2D eigenvalue weighted by molar-refractivity contribution is 5.80. The summed E-state index contributed by atoms with van der Waals surface area (Å²) in [6.45, 7) is 0.748. The van der Waals surface area contributed by atoms with E-state index >= 15 is 0 Å². The van der Waals surface area contributed by atoms with Gasteiger partial charge in [0, 0.05) is 24.8 Å². The van der Waals surface area contributed by atoms with Gasteiger partial charge in [0.25, 0.3) is 0 Å². The molecule has 5 nitrogen and oxygen atoms in total. The van der Waals surface area contributed by atoms with Gasteiger partial charge in [0.15, 0.2) is 0 Å². The molecule has 5 heteroatoms. The molecule has 2 rings (SSSR count). The Morgan fingerprint density at radius 2 is 2.22 bits per heavy atom. The number of urea groups is 1. The van der Waals surface area contributed by atoms with Crippen molar-refractivity contribution in [3.8, 4) is 0 Å². The molecule has 96 valence electrons. The molecule has 18 heavy (non-hydrogen) atoms. The van der Waals surface area contributed by atoms with Crippen molar-refractivity contribution in [1.82, 2.24) is 15.2 Å². The fourth-order valence-corrected chi connectivity index (χ4v) is 1.79. The third kappa shape index (κ3) is 2.81. The van der Waals surface area contributed by atoms with Crippen LogP contribution in [0.4, 0.5) is 4.79 Å². The third-order valence-corrected chi connectivity index (χ3v) is 2.80. The summed E-state index contributed by atoms with van der Waals surface area (Å²) < 4.78 is 0. The Bertz CT molecular complexity index is 503. The average Bonchev–Trinajstić information content (AvgIpc) is 2.78. The van der Waals surface area contributed by atoms with Gasteiger partial charge < -0.3 is 20.3 Å². The average molecular weight is 247 g/mol. The monoisotopic (exact) mass is 247 g/mol. The Balaban J connectivity index is 1.95. The standard InChI is InChI=1S/C13H17N3O2/c1-16(6-7-17)13(18)14-9-11-8-10-4-2-3-5-12(10)15-11/h2-5,8,15,17H,6-7,9H2,1H3,(H,14,18). The van der Waals surface area contributed by atoms with Gasteiger partial charge >= 0.3 is 6.03 Å². The summed E-state index contributed by atoms with van der Waals surface area (Å²) in [7, 11) is 1.65. The molecule has 0 bridgehead atoms. The van der Waals surface area contributed by atoms with Gasteiger partial charge in [-0.1, -0.05) is 18.2 Å². The lowest BCUT2D eigenvalue weighted by Crippen LogP contribution is -2.38. The van der Waals surface area contributed by atoms with Crippen LogP contribution in [0.15, 0.2) is 30.3 Å². The molecule has 1 aromatic carbocycles. The lowest BCUT2D eigenvalue weighted by Gasteiger charge is -2.15. The maximum absolute atomic E-state index is 11.6. The van der Waals surface area contributed by atoms with Crippen LogP contribution in [0.5, 0.6) is 0 Å². The van der Waals surface area contributed by atoms with Gasteiger partial charge in [-0.05, 0) is 17.5 Å². The maximum Gasteiger partial charge on any atom is 0.317 e. The number of H-pyrrole nitrogens is 1. The molecule has 2 amide bonds. The Morgan fingerprint density at radius 3 is 2.94 bits per heavy atom. The summed E-state index contributed by atoms with van der Waals surface area (Å²) in [6.07, 6.45) is 0. The Labute approximate surface area is 105 Å². The van der Waals surface area contributed by atoms with Crippen LogP contribution in [0, 0.1) is 0 Å². The van der Waals surface area contributed by atoms with Gasteiger partial charge in [-0.25, -0.2) is 4.79 Å². The molecule has 0 fully saturated rings. The molecule has 0 atom stereocenters. The first-order chi connectivity index (χ1) is 8.70. The highest BCUT2D eigenvalue weighted by Crippen LogP contribution is 2.14. The molecule has 3 N–H and O–H groups in total. The zero-order valence-electron chi connectivity index (χ0n) is 10.3. The van der Waals surface area contributed by atoms with Gasteiger partial charge in [-0.3, -0.25) is 0 Å². The maximum atomic E-state index is 11.6. The van der Waals surface area contributed by atoms with E-state index in [0.29, 0.717) is 13.1 Å². The van der Waals surface area contributed by atoms with Crippen molar-refractivity contribution in [2.24, 2.45) is 0 Å². The van der Waals surface area contributed by atoms with Gasteiger partial charge in [-0.15, -0.1) is 0 Å². The number of benzene rings is 1. The molecular weight excluding hydrogens is 230 g/mol. The fraction of sp³-hybridized carbons (Fsp3) is 0.308. The van der Waals surface area contributed by atoms with E-state index in [-0.39, 0.29) is 12.6 Å². The summed E-state index contributed by atoms with van der Waals surface area (Å²) in [5, 5.41) is 12.7. The molecule has 0 aliphatic rings. The fourth-order valence-electron chi connectivity index (χ4n) is 1.79. The minimum Gasteiger partial charge on any atom is -0.395 e. The smallest absolute Gasteiger partial charge is 0.317 e. The van der Waals surface area contributed by atoms with E-state index in [4.69, 9.17) is 5.11 Å². The number of rotatable bonds is 4. The topological polar surface area (TPSA) is 68.4 Å². The second-order valence-electron chi connectivity index (χ2n) is 4.19. The Morgan fingerprint density at radius 1 is 1.44 bits per heavy atom. The van der Waals surface area contributed by atoms with E-state index in [1.807, 2.05) is 30.3 Å². The van der Waals surface area contributed by atoms with E-state index in [1.54, 1.807) is 7.05 Å². The van der Waals surface area contributed by atoms with Crippen LogP contribution in [0.3, 0.4) is 0 Å². The Kier molecular flexibility index (Phi) is 3.84. The number of hydrogen-bond donors (Lipinski definition) is 3. The van der Waals surface area contributed by atoms with E-state index < -0.39 is 0 Å². The molecule has 1 aromatic heterocycles. The number of aromatic amines is 1. The summed E-state index contributed by atoms with van der Waals surface area (Å²) >= 11 is 0. The third-order valence-electron chi connectivity index (χ3n) is 2.80. The van der Waals surface area contributed by atoms with E-state index in [9.17, 15) is 4.79 Å². The molecule has 0 radical (unpaired) electrons. The lowest BCUT2D eigenvalue weighted by molar-refractivity contribution is 0.190. The van der Waals surface area contributed by atoms with E-state index in [2.05, 4.69) is 10.3 Å². The van der Waals surface area contributed by atoms with Crippen LogP contribution in [0.2, 0.25) is 0 Å². The summed E-state index contributed by atoms with van der Waals surface area (Å²) in [6, 6.07) is 9.79. The number of para-hydroxylation sites is 1. The van der Waals surface area contributed by atoms with Crippen molar-refractivity contribution in [1.29, 1.82) is 0 Å². The Hall–Kier alpha value is -2.01. The highest BCUT2D eigenvalue weighted by atomic mass is 16.3. The van der Waals surface area contributed by atoms with Crippen LogP contribution < -0.4 is 5.32 Å². The number of amides is 2. The second kappa shape index (κ2) is 5.55. The van der Waals surface area contributed by atoms with Crippen LogP contribution in [0.25, 0.3) is 10.9 Å². The van der Waals surface area contributed by atoms with Gasteiger partial charge in [-0.2, -0.15) is 0 Å². The molecule has 0 saturated carbocycles. The molecule has 1 heterocycles. The first-order valence-corrected chi connectivity index (χ1v) is 5.87. The SMILES string of the molecule is CN(CCO)C(=O)NCc1cc2ccccc2[nH]1. The van der Waals surface area contributed by atoms with Crippen molar-refractivity contribution in [3.63, 3.8) is 0 Å². The van der Waals surface area contributed by atoms with Gasteiger partial charge in [0.2, 0.25) is 0 Å². The number of hydrogen-bond acceptors (Lipinski definition) is 2. The van der Waals surface area contributed by atoms with Crippen LogP contribution >= 0.6 is 0 Å². The quantitative estimate of drug-likeness (QED) is 0.762. The van der Waals surface area contributed by atoms with Crippen molar-refractivity contribution in [3.05, 3.63) is 36.0 Å². The van der Waals surface area contributed by atoms with Crippen LogP contribution in [-0.2, 0) is 6.54 Å². The minimum atomic E-state index is -0.192. The largest absolute Gasteiger partial charge is 0.395 e. The van der Waals surface area contributed by atoms with Crippen LogP contribution in [0.1, 0.15) is 5.69 Å². The highest BCUT2D eigenvalue weighted by Gasteiger charge is 2.07. The first kappa shape index (κ1) is 12.4. The molecule has 0 aliphatic carbocycles. The van der Waals surface area contributed by atoms with Gasteiger partial charge in [0.1, 0.15) is 0 Å². The number of fused-ring (bicyclic) bond motifs is 1. The van der Waals surface area contributed by atoms with Crippen molar-refractivity contribution in [2.45, 2.75) is 6.54 Å². The molecule has 0 saturated heterocycles. The second-order valence-corrected chi connectivity index (χ2v) is 4.19. The summed E-state index contributed by atoms with van der Waals surface area (Å²) in [5.74, 6) is 0. The normalized spacial score (nSPS) is 10.6.